The maximum atomic E-state index is 5.76. The van der Waals surface area contributed by atoms with Crippen LogP contribution in [0.25, 0.3) is 0 Å². The van der Waals surface area contributed by atoms with Gasteiger partial charge in [0.05, 0.1) is 20.3 Å². The molecular weight excluding hydrogens is 469 g/mol. The van der Waals surface area contributed by atoms with Gasteiger partial charge in [-0.1, -0.05) is 18.2 Å². The molecule has 0 amide bonds. The summed E-state index contributed by atoms with van der Waals surface area (Å²) in [5.41, 5.74) is 2.31. The average molecular weight is 497 g/mol. The van der Waals surface area contributed by atoms with Crippen molar-refractivity contribution >= 4 is 29.9 Å². The SMILES string of the molecule is CN=C(NCc1ccc2c(c1)OCCCO2)N(C)Cc1ccc(OC)cc1.I. The van der Waals surface area contributed by atoms with Gasteiger partial charge in [0.25, 0.3) is 0 Å². The Labute approximate surface area is 183 Å². The van der Waals surface area contributed by atoms with E-state index < -0.39 is 0 Å². The number of hydrogen-bond donors (Lipinski definition) is 1. The van der Waals surface area contributed by atoms with E-state index in [9.17, 15) is 0 Å². The van der Waals surface area contributed by atoms with Gasteiger partial charge in [0, 0.05) is 33.6 Å². The van der Waals surface area contributed by atoms with Crippen molar-refractivity contribution in [3.8, 4) is 17.2 Å². The molecule has 0 aliphatic carbocycles. The van der Waals surface area contributed by atoms with E-state index in [1.807, 2.05) is 31.3 Å². The van der Waals surface area contributed by atoms with Crippen molar-refractivity contribution in [3.63, 3.8) is 0 Å². The Morgan fingerprint density at radius 2 is 1.75 bits per heavy atom. The first-order chi connectivity index (χ1) is 13.2. The third-order valence-electron chi connectivity index (χ3n) is 4.41. The van der Waals surface area contributed by atoms with Crippen LogP contribution in [0.5, 0.6) is 17.2 Å². The summed E-state index contributed by atoms with van der Waals surface area (Å²) in [5.74, 6) is 3.32. The molecule has 0 aromatic heterocycles. The van der Waals surface area contributed by atoms with Crippen molar-refractivity contribution in [2.45, 2.75) is 19.5 Å². The molecule has 3 rings (SSSR count). The van der Waals surface area contributed by atoms with E-state index in [2.05, 4.69) is 33.4 Å². The van der Waals surface area contributed by atoms with Crippen molar-refractivity contribution in [2.24, 2.45) is 4.99 Å². The van der Waals surface area contributed by atoms with Gasteiger partial charge >= 0.3 is 0 Å². The largest absolute Gasteiger partial charge is 0.497 e. The molecule has 7 heteroatoms. The van der Waals surface area contributed by atoms with E-state index in [4.69, 9.17) is 14.2 Å². The van der Waals surface area contributed by atoms with E-state index in [0.29, 0.717) is 19.8 Å². The van der Waals surface area contributed by atoms with Gasteiger partial charge in [-0.15, -0.1) is 24.0 Å². The van der Waals surface area contributed by atoms with Gasteiger partial charge in [0.1, 0.15) is 5.75 Å². The van der Waals surface area contributed by atoms with E-state index in [-0.39, 0.29) is 24.0 Å². The summed E-state index contributed by atoms with van der Waals surface area (Å²) >= 11 is 0. The number of nitrogens with zero attached hydrogens (tertiary/aromatic N) is 2. The van der Waals surface area contributed by atoms with Crippen LogP contribution < -0.4 is 19.5 Å². The van der Waals surface area contributed by atoms with Crippen molar-refractivity contribution in [1.29, 1.82) is 0 Å². The molecule has 0 bridgehead atoms. The number of guanidine groups is 1. The van der Waals surface area contributed by atoms with Crippen LogP contribution in [0.2, 0.25) is 0 Å². The fourth-order valence-corrected chi connectivity index (χ4v) is 2.96. The average Bonchev–Trinajstić information content (AvgIpc) is 2.94. The zero-order valence-electron chi connectivity index (χ0n) is 16.6. The Morgan fingerprint density at radius 1 is 1.07 bits per heavy atom. The predicted octanol–water partition coefficient (Wildman–Crippen LogP) is 3.68. The van der Waals surface area contributed by atoms with Crippen LogP contribution in [-0.2, 0) is 13.1 Å². The molecule has 0 unspecified atom stereocenters. The first kappa shape index (κ1) is 22.1. The third-order valence-corrected chi connectivity index (χ3v) is 4.41. The fourth-order valence-electron chi connectivity index (χ4n) is 2.96. The number of halogens is 1. The highest BCUT2D eigenvalue weighted by atomic mass is 127. The quantitative estimate of drug-likeness (QED) is 0.388. The maximum absolute atomic E-state index is 5.76. The highest BCUT2D eigenvalue weighted by Crippen LogP contribution is 2.30. The molecular formula is C21H28IN3O3. The Balaban J connectivity index is 0.00000280. The third kappa shape index (κ3) is 5.92. The molecule has 0 saturated heterocycles. The first-order valence-corrected chi connectivity index (χ1v) is 9.13. The van der Waals surface area contributed by atoms with Crippen LogP contribution >= 0.6 is 24.0 Å². The Kier molecular flexibility index (Phi) is 8.69. The van der Waals surface area contributed by atoms with Crippen LogP contribution in [-0.4, -0.2) is 45.3 Å². The number of fused-ring (bicyclic) bond motifs is 1. The zero-order valence-corrected chi connectivity index (χ0v) is 18.9. The van der Waals surface area contributed by atoms with Crippen LogP contribution in [0.1, 0.15) is 17.5 Å². The number of benzene rings is 2. The van der Waals surface area contributed by atoms with E-state index >= 15 is 0 Å². The molecule has 2 aromatic carbocycles. The van der Waals surface area contributed by atoms with Gasteiger partial charge in [-0.3, -0.25) is 4.99 Å². The van der Waals surface area contributed by atoms with Crippen molar-refractivity contribution < 1.29 is 14.2 Å². The molecule has 0 spiro atoms. The van der Waals surface area contributed by atoms with E-state index in [1.165, 1.54) is 5.56 Å². The monoisotopic (exact) mass is 497 g/mol. The summed E-state index contributed by atoms with van der Waals surface area (Å²) in [7, 11) is 5.49. The fraction of sp³-hybridized carbons (Fsp3) is 0.381. The highest BCUT2D eigenvalue weighted by Gasteiger charge is 2.12. The summed E-state index contributed by atoms with van der Waals surface area (Å²) in [5, 5.41) is 3.41. The van der Waals surface area contributed by atoms with Crippen LogP contribution in [0.4, 0.5) is 0 Å². The molecule has 1 N–H and O–H groups in total. The van der Waals surface area contributed by atoms with Gasteiger partial charge in [-0.05, 0) is 35.4 Å². The lowest BCUT2D eigenvalue weighted by molar-refractivity contribution is 0.297. The lowest BCUT2D eigenvalue weighted by Crippen LogP contribution is -2.38. The smallest absolute Gasteiger partial charge is 0.193 e. The summed E-state index contributed by atoms with van der Waals surface area (Å²) in [6, 6.07) is 14.1. The zero-order chi connectivity index (χ0) is 19.1. The Bertz CT molecular complexity index is 781. The number of methoxy groups -OCH3 is 1. The standard InChI is InChI=1S/C21H27N3O3.HI/c1-22-21(24(2)15-16-5-8-18(25-3)9-6-16)23-14-17-7-10-19-20(13-17)27-12-4-11-26-19;/h5-10,13H,4,11-12,14-15H2,1-3H3,(H,22,23);1H. The normalized spacial score (nSPS) is 13.2. The van der Waals surface area contributed by atoms with Crippen molar-refractivity contribution in [3.05, 3.63) is 53.6 Å². The summed E-state index contributed by atoms with van der Waals surface area (Å²) in [6.45, 7) is 2.81. The number of hydrogen-bond acceptors (Lipinski definition) is 4. The summed E-state index contributed by atoms with van der Waals surface area (Å²) in [4.78, 5) is 6.47. The molecule has 1 aliphatic rings. The van der Waals surface area contributed by atoms with Gasteiger partial charge in [-0.25, -0.2) is 0 Å². The lowest BCUT2D eigenvalue weighted by Gasteiger charge is -2.22. The second-order valence-electron chi connectivity index (χ2n) is 6.44. The second-order valence-corrected chi connectivity index (χ2v) is 6.44. The number of ether oxygens (including phenoxy) is 3. The van der Waals surface area contributed by atoms with E-state index in [0.717, 1.165) is 41.7 Å². The minimum absolute atomic E-state index is 0. The molecule has 0 radical (unpaired) electrons. The highest BCUT2D eigenvalue weighted by molar-refractivity contribution is 14.0. The Morgan fingerprint density at radius 3 is 2.43 bits per heavy atom. The van der Waals surface area contributed by atoms with Crippen LogP contribution in [0.3, 0.4) is 0 Å². The molecule has 28 heavy (non-hydrogen) atoms. The second kappa shape index (κ2) is 11.0. The van der Waals surface area contributed by atoms with Crippen LogP contribution in [0, 0.1) is 0 Å². The summed E-state index contributed by atoms with van der Waals surface area (Å²) < 4.78 is 16.7. The minimum Gasteiger partial charge on any atom is -0.497 e. The molecule has 6 nitrogen and oxygen atoms in total. The van der Waals surface area contributed by atoms with Gasteiger partial charge in [-0.2, -0.15) is 0 Å². The molecule has 1 aliphatic heterocycles. The lowest BCUT2D eigenvalue weighted by atomic mass is 10.2. The summed E-state index contributed by atoms with van der Waals surface area (Å²) in [6.07, 6.45) is 0.908. The van der Waals surface area contributed by atoms with E-state index in [1.54, 1.807) is 14.2 Å². The van der Waals surface area contributed by atoms with Gasteiger partial charge in [0.2, 0.25) is 0 Å². The number of rotatable bonds is 5. The van der Waals surface area contributed by atoms with Gasteiger partial charge < -0.3 is 24.4 Å². The molecule has 2 aromatic rings. The number of aliphatic imine (C=N–C) groups is 1. The molecule has 0 fully saturated rings. The maximum Gasteiger partial charge on any atom is 0.193 e. The molecule has 152 valence electrons. The van der Waals surface area contributed by atoms with Gasteiger partial charge in [0.15, 0.2) is 17.5 Å². The van der Waals surface area contributed by atoms with Crippen molar-refractivity contribution in [1.82, 2.24) is 10.2 Å². The molecule has 0 atom stereocenters. The first-order valence-electron chi connectivity index (χ1n) is 9.13. The van der Waals surface area contributed by atoms with Crippen molar-refractivity contribution in [2.75, 3.05) is 34.4 Å². The minimum atomic E-state index is 0. The Hall–Kier alpha value is -2.16. The molecule has 0 saturated carbocycles. The topological polar surface area (TPSA) is 55.3 Å². The van der Waals surface area contributed by atoms with Crippen LogP contribution in [0.15, 0.2) is 47.5 Å². The molecule has 1 heterocycles. The number of nitrogens with one attached hydrogen (secondary N) is 1. The predicted molar refractivity (Wildman–Crippen MR) is 122 cm³/mol.